The molecule has 2 rings (SSSR count). The Balaban J connectivity index is 2.45. The Labute approximate surface area is 127 Å². The molecule has 1 aromatic carbocycles. The SMILES string of the molecule is CCNC(c1ccc(Br)cc1F)c1cscc1Br. The standard InChI is InChI=1S/C13H12Br2FNS/c1-2-17-13(10-6-18-7-11(10)15)9-4-3-8(14)5-12(9)16/h3-7,13,17H,2H2,1H3. The van der Waals surface area contributed by atoms with E-state index in [1.165, 1.54) is 6.07 Å². The molecule has 1 aromatic heterocycles. The largest absolute Gasteiger partial charge is 0.306 e. The summed E-state index contributed by atoms with van der Waals surface area (Å²) >= 11 is 8.40. The van der Waals surface area contributed by atoms with Gasteiger partial charge in [-0.2, -0.15) is 11.3 Å². The molecule has 0 spiro atoms. The minimum Gasteiger partial charge on any atom is -0.306 e. The van der Waals surface area contributed by atoms with Crippen molar-refractivity contribution >= 4 is 43.2 Å². The highest BCUT2D eigenvalue weighted by molar-refractivity contribution is 9.10. The van der Waals surface area contributed by atoms with E-state index in [0.717, 1.165) is 21.1 Å². The summed E-state index contributed by atoms with van der Waals surface area (Å²) in [6, 6.07) is 5.06. The van der Waals surface area contributed by atoms with Gasteiger partial charge >= 0.3 is 0 Å². The second kappa shape index (κ2) is 6.28. The summed E-state index contributed by atoms with van der Waals surface area (Å²) in [7, 11) is 0. The Bertz CT molecular complexity index is 542. The highest BCUT2D eigenvalue weighted by Crippen LogP contribution is 2.33. The molecule has 0 saturated heterocycles. The van der Waals surface area contributed by atoms with Gasteiger partial charge in [-0.3, -0.25) is 0 Å². The van der Waals surface area contributed by atoms with Gasteiger partial charge in [0.25, 0.3) is 0 Å². The van der Waals surface area contributed by atoms with Crippen LogP contribution in [0.1, 0.15) is 24.1 Å². The molecular formula is C13H12Br2FNS. The quantitative estimate of drug-likeness (QED) is 0.762. The summed E-state index contributed by atoms with van der Waals surface area (Å²) in [5.74, 6) is -0.201. The second-order valence-electron chi connectivity index (χ2n) is 3.83. The van der Waals surface area contributed by atoms with Gasteiger partial charge in [-0.25, -0.2) is 4.39 Å². The minimum absolute atomic E-state index is 0.122. The lowest BCUT2D eigenvalue weighted by Crippen LogP contribution is -2.22. The number of nitrogens with one attached hydrogen (secondary N) is 1. The summed E-state index contributed by atoms with van der Waals surface area (Å²) in [5.41, 5.74) is 1.74. The van der Waals surface area contributed by atoms with Crippen molar-refractivity contribution in [3.8, 4) is 0 Å². The van der Waals surface area contributed by atoms with Crippen LogP contribution in [0.2, 0.25) is 0 Å². The van der Waals surface area contributed by atoms with Crippen molar-refractivity contribution in [2.24, 2.45) is 0 Å². The van der Waals surface area contributed by atoms with E-state index in [0.29, 0.717) is 5.56 Å². The van der Waals surface area contributed by atoms with Crippen LogP contribution in [0, 0.1) is 5.82 Å². The lowest BCUT2D eigenvalue weighted by Gasteiger charge is -2.19. The van der Waals surface area contributed by atoms with Crippen LogP contribution in [0.4, 0.5) is 4.39 Å². The monoisotopic (exact) mass is 391 g/mol. The van der Waals surface area contributed by atoms with Crippen LogP contribution in [-0.4, -0.2) is 6.54 Å². The van der Waals surface area contributed by atoms with Crippen molar-refractivity contribution in [2.75, 3.05) is 6.54 Å². The fourth-order valence-electron chi connectivity index (χ4n) is 1.82. The first-order valence-corrected chi connectivity index (χ1v) is 8.06. The predicted molar refractivity (Wildman–Crippen MR) is 81.6 cm³/mol. The Hall–Kier alpha value is -0.230. The zero-order chi connectivity index (χ0) is 13.1. The third-order valence-electron chi connectivity index (χ3n) is 2.64. The predicted octanol–water partition coefficient (Wildman–Crippen LogP) is 5.11. The average molecular weight is 393 g/mol. The highest BCUT2D eigenvalue weighted by Gasteiger charge is 2.19. The van der Waals surface area contributed by atoms with Crippen molar-refractivity contribution in [1.82, 2.24) is 5.32 Å². The molecule has 1 unspecified atom stereocenters. The van der Waals surface area contributed by atoms with Gasteiger partial charge in [0, 0.05) is 19.9 Å². The van der Waals surface area contributed by atoms with Crippen molar-refractivity contribution < 1.29 is 4.39 Å². The van der Waals surface area contributed by atoms with E-state index in [9.17, 15) is 4.39 Å². The average Bonchev–Trinajstić information content (AvgIpc) is 2.73. The van der Waals surface area contributed by atoms with Gasteiger partial charge in [-0.1, -0.05) is 28.9 Å². The van der Waals surface area contributed by atoms with Crippen molar-refractivity contribution in [3.05, 3.63) is 54.8 Å². The molecule has 0 aliphatic heterocycles. The lowest BCUT2D eigenvalue weighted by atomic mass is 10.0. The van der Waals surface area contributed by atoms with E-state index in [1.807, 2.05) is 29.8 Å². The van der Waals surface area contributed by atoms with E-state index in [1.54, 1.807) is 11.3 Å². The maximum atomic E-state index is 14.1. The summed E-state index contributed by atoms with van der Waals surface area (Å²) in [6.45, 7) is 2.80. The Morgan fingerprint density at radius 2 is 2.06 bits per heavy atom. The molecule has 1 nitrogen and oxygen atoms in total. The Morgan fingerprint density at radius 1 is 1.28 bits per heavy atom. The Kier molecular flexibility index (Phi) is 4.95. The number of hydrogen-bond donors (Lipinski definition) is 1. The van der Waals surface area contributed by atoms with Crippen LogP contribution >= 0.6 is 43.2 Å². The third-order valence-corrected chi connectivity index (χ3v) is 4.88. The molecule has 0 radical (unpaired) electrons. The molecule has 0 saturated carbocycles. The van der Waals surface area contributed by atoms with E-state index in [4.69, 9.17) is 0 Å². The first-order valence-electron chi connectivity index (χ1n) is 5.53. The molecule has 0 bridgehead atoms. The maximum Gasteiger partial charge on any atom is 0.129 e. The van der Waals surface area contributed by atoms with Crippen LogP contribution in [-0.2, 0) is 0 Å². The van der Waals surface area contributed by atoms with Gasteiger partial charge in [0.15, 0.2) is 0 Å². The van der Waals surface area contributed by atoms with E-state index in [-0.39, 0.29) is 11.9 Å². The topological polar surface area (TPSA) is 12.0 Å². The fourth-order valence-corrected chi connectivity index (χ4v) is 3.71. The van der Waals surface area contributed by atoms with Gasteiger partial charge in [-0.05, 0) is 45.6 Å². The number of rotatable bonds is 4. The van der Waals surface area contributed by atoms with Crippen LogP contribution in [0.25, 0.3) is 0 Å². The number of benzene rings is 1. The molecule has 18 heavy (non-hydrogen) atoms. The van der Waals surface area contributed by atoms with E-state index < -0.39 is 0 Å². The summed E-state index contributed by atoms with van der Waals surface area (Å²) in [4.78, 5) is 0. The molecule has 0 fully saturated rings. The minimum atomic E-state index is -0.201. The molecule has 0 aliphatic rings. The second-order valence-corrected chi connectivity index (χ2v) is 6.35. The highest BCUT2D eigenvalue weighted by atomic mass is 79.9. The number of thiophene rings is 1. The molecule has 0 amide bonds. The molecule has 2 aromatic rings. The van der Waals surface area contributed by atoms with Crippen LogP contribution in [0.3, 0.4) is 0 Å². The van der Waals surface area contributed by atoms with Crippen LogP contribution in [0.5, 0.6) is 0 Å². The zero-order valence-electron chi connectivity index (χ0n) is 9.71. The van der Waals surface area contributed by atoms with E-state index in [2.05, 4.69) is 37.2 Å². The first kappa shape index (κ1) is 14.2. The maximum absolute atomic E-state index is 14.1. The van der Waals surface area contributed by atoms with Crippen LogP contribution < -0.4 is 5.32 Å². The molecule has 1 N–H and O–H groups in total. The van der Waals surface area contributed by atoms with Crippen molar-refractivity contribution in [2.45, 2.75) is 13.0 Å². The third kappa shape index (κ3) is 3.02. The summed E-state index contributed by atoms with van der Waals surface area (Å²) in [5, 5.41) is 7.37. The Morgan fingerprint density at radius 3 is 2.61 bits per heavy atom. The first-order chi connectivity index (χ1) is 8.63. The molecule has 0 aliphatic carbocycles. The fraction of sp³-hybridized carbons (Fsp3) is 0.231. The van der Waals surface area contributed by atoms with Gasteiger partial charge in [-0.15, -0.1) is 0 Å². The molecular weight excluding hydrogens is 381 g/mol. The summed E-state index contributed by atoms with van der Waals surface area (Å²) in [6.07, 6.45) is 0. The molecule has 1 heterocycles. The van der Waals surface area contributed by atoms with Gasteiger partial charge in [0.1, 0.15) is 5.82 Å². The van der Waals surface area contributed by atoms with Crippen LogP contribution in [0.15, 0.2) is 37.9 Å². The zero-order valence-corrected chi connectivity index (χ0v) is 13.7. The number of halogens is 3. The molecule has 96 valence electrons. The number of hydrogen-bond acceptors (Lipinski definition) is 2. The van der Waals surface area contributed by atoms with Crippen molar-refractivity contribution in [1.29, 1.82) is 0 Å². The van der Waals surface area contributed by atoms with Gasteiger partial charge in [0.2, 0.25) is 0 Å². The van der Waals surface area contributed by atoms with Gasteiger partial charge < -0.3 is 5.32 Å². The lowest BCUT2D eigenvalue weighted by molar-refractivity contribution is 0.558. The smallest absolute Gasteiger partial charge is 0.129 e. The molecule has 5 heteroatoms. The normalized spacial score (nSPS) is 12.7. The van der Waals surface area contributed by atoms with Crippen molar-refractivity contribution in [3.63, 3.8) is 0 Å². The van der Waals surface area contributed by atoms with Gasteiger partial charge in [0.05, 0.1) is 6.04 Å². The molecule has 1 atom stereocenters. The van der Waals surface area contributed by atoms with E-state index >= 15 is 0 Å². The summed E-state index contributed by atoms with van der Waals surface area (Å²) < 4.78 is 15.8.